The zero-order valence-electron chi connectivity index (χ0n) is 15.8. The van der Waals surface area contributed by atoms with Gasteiger partial charge in [0.25, 0.3) is 0 Å². The second-order valence-electron chi connectivity index (χ2n) is 6.53. The van der Waals surface area contributed by atoms with Gasteiger partial charge in [-0.2, -0.15) is 0 Å². The number of hydrogen-bond acceptors (Lipinski definition) is 5. The van der Waals surface area contributed by atoms with Gasteiger partial charge in [-0.25, -0.2) is 9.97 Å². The van der Waals surface area contributed by atoms with E-state index in [0.717, 1.165) is 11.1 Å². The van der Waals surface area contributed by atoms with Gasteiger partial charge in [-0.3, -0.25) is 9.59 Å². The molecule has 2 heterocycles. The number of amides is 1. The Morgan fingerprint density at radius 2 is 2.10 bits per heavy atom. The molecule has 1 atom stereocenters. The summed E-state index contributed by atoms with van der Waals surface area (Å²) in [5.74, 6) is -0.854. The highest BCUT2D eigenvalue weighted by atomic mass is 35.5. The first kappa shape index (κ1) is 20.9. The molecule has 0 aliphatic carbocycles. The maximum absolute atomic E-state index is 12.0. The van der Waals surface area contributed by atoms with Crippen LogP contribution in [0, 0.1) is 0 Å². The fraction of sp³-hybridized carbons (Fsp3) is 0.263. The number of carbonyl (C=O) groups is 2. The van der Waals surface area contributed by atoms with Crippen molar-refractivity contribution in [2.24, 2.45) is 0 Å². The number of rotatable bonds is 7. The number of anilines is 1. The molecule has 0 fully saturated rings. The molecule has 1 amide bonds. The van der Waals surface area contributed by atoms with E-state index in [1.165, 1.54) is 6.92 Å². The lowest BCUT2D eigenvalue weighted by Crippen LogP contribution is -2.39. The minimum Gasteiger partial charge on any atom is -0.480 e. The summed E-state index contributed by atoms with van der Waals surface area (Å²) in [5.41, 5.74) is 1.35. The lowest BCUT2D eigenvalue weighted by Gasteiger charge is -2.21. The van der Waals surface area contributed by atoms with Crippen LogP contribution in [0.5, 0.6) is 0 Å². The Labute approximate surface area is 177 Å². The first-order chi connectivity index (χ1) is 13.8. The Balaban J connectivity index is 1.90. The number of aromatic nitrogens is 3. The number of fused-ring (bicyclic) bond motifs is 1. The maximum atomic E-state index is 12.0. The molecular formula is C19H19Cl2N5O3. The molecule has 8 nitrogen and oxygen atoms in total. The number of aliphatic carboxylic acids is 1. The Hall–Kier alpha value is -2.84. The Morgan fingerprint density at radius 1 is 1.34 bits per heavy atom. The van der Waals surface area contributed by atoms with Gasteiger partial charge in [-0.05, 0) is 19.1 Å². The SMILES string of the molecule is C[C@@H](NC(=O)CCN(C)c1cc(-n2ccnc2)c2ccc(Cl)c(Cl)c2n1)C(=O)O. The molecule has 0 bridgehead atoms. The molecule has 0 spiro atoms. The van der Waals surface area contributed by atoms with Crippen LogP contribution in [0.15, 0.2) is 36.9 Å². The van der Waals surface area contributed by atoms with Crippen molar-refractivity contribution in [3.05, 3.63) is 47.0 Å². The number of pyridine rings is 1. The predicted molar refractivity (Wildman–Crippen MR) is 112 cm³/mol. The highest BCUT2D eigenvalue weighted by Gasteiger charge is 2.17. The summed E-state index contributed by atoms with van der Waals surface area (Å²) >= 11 is 12.6. The molecule has 1 aromatic carbocycles. The quantitative estimate of drug-likeness (QED) is 0.590. The molecule has 0 radical (unpaired) electrons. The van der Waals surface area contributed by atoms with Crippen molar-refractivity contribution in [3.63, 3.8) is 0 Å². The van der Waals surface area contributed by atoms with Crippen molar-refractivity contribution in [2.75, 3.05) is 18.5 Å². The van der Waals surface area contributed by atoms with Crippen LogP contribution in [0.4, 0.5) is 5.82 Å². The summed E-state index contributed by atoms with van der Waals surface area (Å²) in [6.07, 6.45) is 5.25. The van der Waals surface area contributed by atoms with E-state index >= 15 is 0 Å². The van der Waals surface area contributed by atoms with Crippen molar-refractivity contribution in [1.82, 2.24) is 19.9 Å². The van der Waals surface area contributed by atoms with E-state index < -0.39 is 12.0 Å². The highest BCUT2D eigenvalue weighted by molar-refractivity contribution is 6.45. The molecule has 3 aromatic rings. The van der Waals surface area contributed by atoms with Crippen LogP contribution >= 0.6 is 23.2 Å². The molecule has 2 N–H and O–H groups in total. The van der Waals surface area contributed by atoms with Crippen molar-refractivity contribution in [1.29, 1.82) is 0 Å². The molecule has 0 saturated heterocycles. The topological polar surface area (TPSA) is 100 Å². The molecular weight excluding hydrogens is 417 g/mol. The second-order valence-corrected chi connectivity index (χ2v) is 7.31. The molecule has 0 unspecified atom stereocenters. The zero-order chi connectivity index (χ0) is 21.1. The number of carbonyl (C=O) groups excluding carboxylic acids is 1. The van der Waals surface area contributed by atoms with Crippen LogP contribution in [0.1, 0.15) is 13.3 Å². The van der Waals surface area contributed by atoms with E-state index in [0.29, 0.717) is 27.9 Å². The smallest absolute Gasteiger partial charge is 0.325 e. The fourth-order valence-corrected chi connectivity index (χ4v) is 3.13. The first-order valence-corrected chi connectivity index (χ1v) is 9.54. The molecule has 0 aliphatic heterocycles. The van der Waals surface area contributed by atoms with Gasteiger partial charge in [-0.15, -0.1) is 0 Å². The number of carboxylic acids is 1. The number of halogens is 2. The molecule has 0 saturated carbocycles. The maximum Gasteiger partial charge on any atom is 0.325 e. The lowest BCUT2D eigenvalue weighted by molar-refractivity contribution is -0.141. The first-order valence-electron chi connectivity index (χ1n) is 8.78. The molecule has 10 heteroatoms. The third kappa shape index (κ3) is 4.60. The Kier molecular flexibility index (Phi) is 6.24. The van der Waals surface area contributed by atoms with E-state index in [1.807, 2.05) is 22.9 Å². The minimum absolute atomic E-state index is 0.109. The van der Waals surface area contributed by atoms with Crippen LogP contribution in [-0.4, -0.2) is 51.2 Å². The summed E-state index contributed by atoms with van der Waals surface area (Å²) in [6, 6.07) is 4.48. The number of nitrogens with one attached hydrogen (secondary N) is 1. The normalized spacial score (nSPS) is 12.0. The van der Waals surface area contributed by atoms with Gasteiger partial charge in [0.2, 0.25) is 5.91 Å². The zero-order valence-corrected chi connectivity index (χ0v) is 17.3. The van der Waals surface area contributed by atoms with Crippen LogP contribution in [0.2, 0.25) is 10.0 Å². The number of nitrogens with zero attached hydrogens (tertiary/aromatic N) is 4. The average molecular weight is 436 g/mol. The third-order valence-electron chi connectivity index (χ3n) is 4.43. The van der Waals surface area contributed by atoms with Gasteiger partial charge >= 0.3 is 5.97 Å². The summed E-state index contributed by atoms with van der Waals surface area (Å²) < 4.78 is 1.84. The van der Waals surface area contributed by atoms with Gasteiger partial charge < -0.3 is 19.9 Å². The van der Waals surface area contributed by atoms with Crippen molar-refractivity contribution >= 4 is 51.8 Å². The Bertz CT molecular complexity index is 1060. The van der Waals surface area contributed by atoms with Crippen molar-refractivity contribution in [2.45, 2.75) is 19.4 Å². The van der Waals surface area contributed by atoms with Crippen molar-refractivity contribution in [3.8, 4) is 5.69 Å². The van der Waals surface area contributed by atoms with Gasteiger partial charge in [0.05, 0.1) is 27.6 Å². The van der Waals surface area contributed by atoms with E-state index in [2.05, 4.69) is 15.3 Å². The minimum atomic E-state index is -1.08. The Morgan fingerprint density at radius 3 is 2.76 bits per heavy atom. The van der Waals surface area contributed by atoms with Crippen LogP contribution in [-0.2, 0) is 9.59 Å². The van der Waals surface area contributed by atoms with E-state index in [-0.39, 0.29) is 12.3 Å². The number of carboxylic acid groups (broad SMARTS) is 1. The summed E-state index contributed by atoms with van der Waals surface area (Å²) in [5, 5.41) is 12.9. The third-order valence-corrected chi connectivity index (χ3v) is 5.23. The van der Waals surface area contributed by atoms with Crippen LogP contribution in [0.3, 0.4) is 0 Å². The second kappa shape index (κ2) is 8.67. The number of benzene rings is 1. The van der Waals surface area contributed by atoms with E-state index in [4.69, 9.17) is 28.3 Å². The van der Waals surface area contributed by atoms with Crippen LogP contribution in [0.25, 0.3) is 16.6 Å². The van der Waals surface area contributed by atoms with Crippen molar-refractivity contribution < 1.29 is 14.7 Å². The standard InChI is InChI=1S/C19H19Cl2N5O3/c1-11(19(28)29)23-16(27)5-7-25(2)15-9-14(26-8-6-22-10-26)12-3-4-13(20)17(21)18(12)24-15/h3-4,6,8-11H,5,7H2,1-2H3,(H,23,27)(H,28,29)/t11-/m1/s1. The number of imidazole rings is 1. The molecule has 3 rings (SSSR count). The van der Waals surface area contributed by atoms with Crippen LogP contribution < -0.4 is 10.2 Å². The summed E-state index contributed by atoms with van der Waals surface area (Å²) in [7, 11) is 1.79. The molecule has 2 aromatic heterocycles. The van der Waals surface area contributed by atoms with Gasteiger partial charge in [0.1, 0.15) is 11.9 Å². The summed E-state index contributed by atoms with van der Waals surface area (Å²) in [6.45, 7) is 1.75. The van der Waals surface area contributed by atoms with Gasteiger partial charge in [0.15, 0.2) is 0 Å². The number of hydrogen-bond donors (Lipinski definition) is 2. The predicted octanol–water partition coefficient (Wildman–Crippen LogP) is 3.14. The van der Waals surface area contributed by atoms with Gasteiger partial charge in [0, 0.05) is 43.9 Å². The lowest BCUT2D eigenvalue weighted by atomic mass is 10.1. The summed E-state index contributed by atoms with van der Waals surface area (Å²) in [4.78, 5) is 33.4. The molecule has 0 aliphatic rings. The van der Waals surface area contributed by atoms with Gasteiger partial charge in [-0.1, -0.05) is 23.2 Å². The van der Waals surface area contributed by atoms with E-state index in [1.54, 1.807) is 30.5 Å². The monoisotopic (exact) mass is 435 g/mol. The highest BCUT2D eigenvalue weighted by Crippen LogP contribution is 2.34. The van der Waals surface area contributed by atoms with E-state index in [9.17, 15) is 9.59 Å². The molecule has 152 valence electrons. The fourth-order valence-electron chi connectivity index (χ4n) is 2.77. The average Bonchev–Trinajstić information content (AvgIpc) is 3.22. The molecule has 29 heavy (non-hydrogen) atoms. The largest absolute Gasteiger partial charge is 0.480 e.